The molecule has 0 radical (unpaired) electrons. The van der Waals surface area contributed by atoms with Crippen molar-refractivity contribution in [1.82, 2.24) is 10.3 Å². The fourth-order valence-electron chi connectivity index (χ4n) is 2.54. The van der Waals surface area contributed by atoms with Gasteiger partial charge in [-0.2, -0.15) is 0 Å². The van der Waals surface area contributed by atoms with E-state index in [1.165, 1.54) is 0 Å². The molecule has 2 rings (SSSR count). The molecule has 118 valence electrons. The van der Waals surface area contributed by atoms with Crippen molar-refractivity contribution in [2.75, 3.05) is 0 Å². The van der Waals surface area contributed by atoms with E-state index in [4.69, 9.17) is 5.73 Å². The first-order chi connectivity index (χ1) is 10.3. The predicted molar refractivity (Wildman–Crippen MR) is 87.5 cm³/mol. The summed E-state index contributed by atoms with van der Waals surface area (Å²) in [6.07, 6.45) is 2.68. The van der Waals surface area contributed by atoms with Crippen molar-refractivity contribution in [2.24, 2.45) is 5.73 Å². The highest BCUT2D eigenvalue weighted by Crippen LogP contribution is 2.19. The number of hydrogen-bond acceptors (Lipinski definition) is 3. The lowest BCUT2D eigenvalue weighted by Crippen LogP contribution is -2.54. The first kappa shape index (κ1) is 16.2. The Morgan fingerprint density at radius 1 is 1.32 bits per heavy atom. The summed E-state index contributed by atoms with van der Waals surface area (Å²) in [6, 6.07) is 7.19. The van der Waals surface area contributed by atoms with Crippen molar-refractivity contribution in [1.29, 1.82) is 0 Å². The van der Waals surface area contributed by atoms with Gasteiger partial charge in [0.1, 0.15) is 0 Å². The monoisotopic (exact) mass is 301 g/mol. The molecule has 0 spiro atoms. The molecule has 0 saturated carbocycles. The molecule has 5 nitrogen and oxygen atoms in total. The Labute approximate surface area is 130 Å². The number of carbonyl (C=O) groups is 2. The molecular formula is C17H23N3O2. The van der Waals surface area contributed by atoms with Gasteiger partial charge >= 0.3 is 0 Å². The predicted octanol–water partition coefficient (Wildman–Crippen LogP) is 1.91. The molecule has 1 atom stereocenters. The van der Waals surface area contributed by atoms with Gasteiger partial charge in [0.05, 0.1) is 11.6 Å². The van der Waals surface area contributed by atoms with Gasteiger partial charge in [0.2, 0.25) is 5.91 Å². The number of rotatable bonds is 6. The maximum Gasteiger partial charge on any atom is 0.238 e. The molecule has 0 aliphatic heterocycles. The number of nitrogens with two attached hydrogens (primary N) is 1. The average molecular weight is 301 g/mol. The van der Waals surface area contributed by atoms with Crippen LogP contribution in [0.2, 0.25) is 0 Å². The number of benzene rings is 1. The second-order valence-electron chi connectivity index (χ2n) is 6.06. The van der Waals surface area contributed by atoms with E-state index >= 15 is 0 Å². The van der Waals surface area contributed by atoms with Gasteiger partial charge in [0.25, 0.3) is 0 Å². The van der Waals surface area contributed by atoms with Crippen LogP contribution in [0.15, 0.2) is 30.5 Å². The zero-order valence-corrected chi connectivity index (χ0v) is 13.3. The summed E-state index contributed by atoms with van der Waals surface area (Å²) in [6.45, 7) is 5.19. The van der Waals surface area contributed by atoms with Crippen molar-refractivity contribution in [3.8, 4) is 0 Å². The molecule has 0 fully saturated rings. The lowest BCUT2D eigenvalue weighted by Gasteiger charge is -2.26. The molecule has 1 aromatic heterocycles. The van der Waals surface area contributed by atoms with Gasteiger partial charge < -0.3 is 16.0 Å². The lowest BCUT2D eigenvalue weighted by molar-refractivity contribution is -0.131. The van der Waals surface area contributed by atoms with Gasteiger partial charge in [0.15, 0.2) is 5.78 Å². The van der Waals surface area contributed by atoms with Crippen molar-refractivity contribution in [3.05, 3.63) is 36.0 Å². The second kappa shape index (κ2) is 6.32. The molecule has 22 heavy (non-hydrogen) atoms. The van der Waals surface area contributed by atoms with E-state index < -0.39 is 11.6 Å². The topological polar surface area (TPSA) is 88.0 Å². The van der Waals surface area contributed by atoms with E-state index in [9.17, 15) is 9.59 Å². The van der Waals surface area contributed by atoms with Crippen LogP contribution in [0.3, 0.4) is 0 Å². The fraction of sp³-hybridized carbons (Fsp3) is 0.412. The standard InChI is InChI=1S/C17H23N3O2/c1-4-15(21)17(2,3)20-16(22)13(18)9-11-10-19-14-8-6-5-7-12(11)14/h5-8,10,13,19H,4,9,18H2,1-3H3,(H,20,22). The highest BCUT2D eigenvalue weighted by molar-refractivity contribution is 5.93. The molecule has 1 amide bonds. The zero-order chi connectivity index (χ0) is 16.3. The van der Waals surface area contributed by atoms with Crippen LogP contribution >= 0.6 is 0 Å². The van der Waals surface area contributed by atoms with Crippen LogP contribution in [0.4, 0.5) is 0 Å². The van der Waals surface area contributed by atoms with E-state index in [0.717, 1.165) is 16.5 Å². The Morgan fingerprint density at radius 2 is 2.00 bits per heavy atom. The molecule has 0 aliphatic rings. The fourth-order valence-corrected chi connectivity index (χ4v) is 2.54. The van der Waals surface area contributed by atoms with Crippen LogP contribution in [0.25, 0.3) is 10.9 Å². The minimum Gasteiger partial charge on any atom is -0.361 e. The minimum absolute atomic E-state index is 0.0138. The Kier molecular flexibility index (Phi) is 4.66. The Morgan fingerprint density at radius 3 is 2.68 bits per heavy atom. The quantitative estimate of drug-likeness (QED) is 0.761. The number of H-pyrrole nitrogens is 1. The molecule has 1 heterocycles. The summed E-state index contributed by atoms with van der Waals surface area (Å²) in [5, 5.41) is 3.81. The van der Waals surface area contributed by atoms with E-state index in [1.54, 1.807) is 20.8 Å². The largest absolute Gasteiger partial charge is 0.361 e. The summed E-state index contributed by atoms with van der Waals surface area (Å²) < 4.78 is 0. The molecule has 0 saturated heterocycles. The number of fused-ring (bicyclic) bond motifs is 1. The summed E-state index contributed by atoms with van der Waals surface area (Å²) in [7, 11) is 0. The molecule has 5 heteroatoms. The van der Waals surface area contributed by atoms with Gasteiger partial charge in [0, 0.05) is 23.5 Å². The summed E-state index contributed by atoms with van der Waals surface area (Å²) >= 11 is 0. The van der Waals surface area contributed by atoms with Crippen LogP contribution in [-0.4, -0.2) is 28.3 Å². The molecule has 1 aromatic carbocycles. The first-order valence-corrected chi connectivity index (χ1v) is 7.51. The maximum atomic E-state index is 12.2. The summed E-state index contributed by atoms with van der Waals surface area (Å²) in [5.41, 5.74) is 7.14. The second-order valence-corrected chi connectivity index (χ2v) is 6.06. The molecule has 0 aliphatic carbocycles. The van der Waals surface area contributed by atoms with Crippen molar-refractivity contribution < 1.29 is 9.59 Å². The Bertz CT molecular complexity index is 688. The minimum atomic E-state index is -0.885. The van der Waals surface area contributed by atoms with Gasteiger partial charge in [-0.3, -0.25) is 9.59 Å². The smallest absolute Gasteiger partial charge is 0.238 e. The number of para-hydroxylation sites is 1. The summed E-state index contributed by atoms with van der Waals surface area (Å²) in [5.74, 6) is -0.322. The molecule has 0 bridgehead atoms. The third-order valence-corrected chi connectivity index (χ3v) is 3.91. The van der Waals surface area contributed by atoms with Crippen molar-refractivity contribution in [2.45, 2.75) is 45.2 Å². The lowest BCUT2D eigenvalue weighted by atomic mass is 9.96. The van der Waals surface area contributed by atoms with Gasteiger partial charge in [-0.25, -0.2) is 0 Å². The third kappa shape index (κ3) is 3.36. The third-order valence-electron chi connectivity index (χ3n) is 3.91. The zero-order valence-electron chi connectivity index (χ0n) is 13.3. The first-order valence-electron chi connectivity index (χ1n) is 7.51. The maximum absolute atomic E-state index is 12.2. The Hall–Kier alpha value is -2.14. The number of ketones is 1. The van der Waals surface area contributed by atoms with Gasteiger partial charge in [-0.15, -0.1) is 0 Å². The SMILES string of the molecule is CCC(=O)C(C)(C)NC(=O)C(N)Cc1c[nH]c2ccccc12. The molecule has 2 aromatic rings. The number of aromatic amines is 1. The Balaban J connectivity index is 2.07. The molecular weight excluding hydrogens is 278 g/mol. The van der Waals surface area contributed by atoms with Crippen molar-refractivity contribution >= 4 is 22.6 Å². The number of aromatic nitrogens is 1. The van der Waals surface area contributed by atoms with Crippen LogP contribution in [0, 0.1) is 0 Å². The average Bonchev–Trinajstić information content (AvgIpc) is 2.89. The molecule has 4 N–H and O–H groups in total. The van der Waals surface area contributed by atoms with Gasteiger partial charge in [-0.1, -0.05) is 25.1 Å². The van der Waals surface area contributed by atoms with E-state index in [-0.39, 0.29) is 11.7 Å². The normalized spacial score (nSPS) is 13.1. The number of amides is 1. The number of Topliss-reactive ketones (excluding diaryl/α,β-unsaturated/α-hetero) is 1. The van der Waals surface area contributed by atoms with Gasteiger partial charge in [-0.05, 0) is 31.9 Å². The van der Waals surface area contributed by atoms with Crippen LogP contribution in [0.1, 0.15) is 32.8 Å². The van der Waals surface area contributed by atoms with E-state index in [0.29, 0.717) is 12.8 Å². The number of hydrogen-bond donors (Lipinski definition) is 3. The van der Waals surface area contributed by atoms with E-state index in [1.807, 2.05) is 30.5 Å². The number of nitrogens with one attached hydrogen (secondary N) is 2. The van der Waals surface area contributed by atoms with Crippen LogP contribution in [-0.2, 0) is 16.0 Å². The van der Waals surface area contributed by atoms with Crippen LogP contribution in [0.5, 0.6) is 0 Å². The summed E-state index contributed by atoms with van der Waals surface area (Å²) in [4.78, 5) is 27.2. The van der Waals surface area contributed by atoms with E-state index in [2.05, 4.69) is 10.3 Å². The number of carbonyl (C=O) groups excluding carboxylic acids is 2. The molecule has 1 unspecified atom stereocenters. The highest BCUT2D eigenvalue weighted by Gasteiger charge is 2.29. The van der Waals surface area contributed by atoms with Crippen LogP contribution < -0.4 is 11.1 Å². The highest BCUT2D eigenvalue weighted by atomic mass is 16.2. The van der Waals surface area contributed by atoms with Crippen molar-refractivity contribution in [3.63, 3.8) is 0 Å².